The summed E-state index contributed by atoms with van der Waals surface area (Å²) in [6.45, 7) is 0.638. The van der Waals surface area contributed by atoms with Crippen LogP contribution in [0.5, 0.6) is 0 Å². The van der Waals surface area contributed by atoms with Crippen molar-refractivity contribution in [2.24, 2.45) is 0 Å². The standard InChI is InChI=1S/C6H10O2.Na.H/c7-6-4-2-1-3-5-8-6;;/h1-5H2;;. The summed E-state index contributed by atoms with van der Waals surface area (Å²) >= 11 is 0. The second kappa shape index (κ2) is 5.27. The van der Waals surface area contributed by atoms with Crippen LogP contribution in [-0.2, 0) is 9.53 Å². The van der Waals surface area contributed by atoms with Crippen LogP contribution in [0.25, 0.3) is 0 Å². The molecular formula is C6H11NaO2. The second-order valence-electron chi connectivity index (χ2n) is 2.03. The van der Waals surface area contributed by atoms with Crippen LogP contribution in [0.1, 0.15) is 25.7 Å². The van der Waals surface area contributed by atoms with Crippen LogP contribution in [0.2, 0.25) is 0 Å². The molecule has 0 unspecified atom stereocenters. The first-order valence-corrected chi connectivity index (χ1v) is 3.05. The van der Waals surface area contributed by atoms with Gasteiger partial charge in [0.15, 0.2) is 0 Å². The number of carbonyl (C=O) groups excluding carboxylic acids is 1. The van der Waals surface area contributed by atoms with Gasteiger partial charge in [0, 0.05) is 6.42 Å². The van der Waals surface area contributed by atoms with Gasteiger partial charge < -0.3 is 4.74 Å². The topological polar surface area (TPSA) is 26.3 Å². The quantitative estimate of drug-likeness (QED) is 0.359. The van der Waals surface area contributed by atoms with Gasteiger partial charge in [0.2, 0.25) is 0 Å². The molecule has 3 heteroatoms. The van der Waals surface area contributed by atoms with E-state index in [1.54, 1.807) is 0 Å². The summed E-state index contributed by atoms with van der Waals surface area (Å²) < 4.78 is 4.76. The van der Waals surface area contributed by atoms with E-state index in [-0.39, 0.29) is 35.5 Å². The first-order valence-electron chi connectivity index (χ1n) is 3.05. The normalized spacial score (nSPS) is 19.3. The molecule has 0 atom stereocenters. The van der Waals surface area contributed by atoms with Gasteiger partial charge in [0.25, 0.3) is 0 Å². The molecule has 0 aromatic rings. The van der Waals surface area contributed by atoms with Crippen LogP contribution in [0.4, 0.5) is 0 Å². The molecule has 0 amide bonds. The van der Waals surface area contributed by atoms with Crippen LogP contribution in [0.3, 0.4) is 0 Å². The van der Waals surface area contributed by atoms with E-state index in [0.717, 1.165) is 19.3 Å². The number of carbonyl (C=O) groups is 1. The average Bonchev–Trinajstić information content (AvgIpc) is 1.94. The van der Waals surface area contributed by atoms with Gasteiger partial charge >= 0.3 is 35.5 Å². The molecule has 48 valence electrons. The van der Waals surface area contributed by atoms with Crippen LogP contribution >= 0.6 is 0 Å². The average molecular weight is 138 g/mol. The number of rotatable bonds is 0. The molecule has 0 aromatic carbocycles. The van der Waals surface area contributed by atoms with E-state index < -0.39 is 0 Å². The second-order valence-corrected chi connectivity index (χ2v) is 2.03. The SMILES string of the molecule is O=C1CCCCCO1.[NaH]. The summed E-state index contributed by atoms with van der Waals surface area (Å²) in [4.78, 5) is 10.5. The number of cyclic esters (lactones) is 1. The Morgan fingerprint density at radius 1 is 1.22 bits per heavy atom. The Bertz CT molecular complexity index is 83.1. The molecule has 1 heterocycles. The van der Waals surface area contributed by atoms with E-state index in [2.05, 4.69) is 0 Å². The fraction of sp³-hybridized carbons (Fsp3) is 0.833. The van der Waals surface area contributed by atoms with Crippen molar-refractivity contribution in [2.75, 3.05) is 6.61 Å². The van der Waals surface area contributed by atoms with Crippen LogP contribution in [-0.4, -0.2) is 42.1 Å². The van der Waals surface area contributed by atoms with E-state index in [0.29, 0.717) is 13.0 Å². The maximum absolute atomic E-state index is 10.5. The van der Waals surface area contributed by atoms with Gasteiger partial charge in [0.05, 0.1) is 6.61 Å². The van der Waals surface area contributed by atoms with Crippen molar-refractivity contribution in [3.63, 3.8) is 0 Å². The summed E-state index contributed by atoms with van der Waals surface area (Å²) in [7, 11) is 0. The zero-order valence-electron chi connectivity index (χ0n) is 4.85. The van der Waals surface area contributed by atoms with Crippen LogP contribution < -0.4 is 0 Å². The van der Waals surface area contributed by atoms with Gasteiger partial charge in [-0.3, -0.25) is 4.79 Å². The molecule has 0 N–H and O–H groups in total. The predicted octanol–water partition coefficient (Wildman–Crippen LogP) is 0.455. The molecule has 1 saturated heterocycles. The molecule has 0 saturated carbocycles. The molecule has 1 rings (SSSR count). The van der Waals surface area contributed by atoms with Crippen molar-refractivity contribution in [1.82, 2.24) is 0 Å². The van der Waals surface area contributed by atoms with Crippen molar-refractivity contribution in [3.05, 3.63) is 0 Å². The van der Waals surface area contributed by atoms with E-state index in [4.69, 9.17) is 4.74 Å². The van der Waals surface area contributed by atoms with E-state index in [9.17, 15) is 4.79 Å². The predicted molar refractivity (Wildman–Crippen MR) is 36.6 cm³/mol. The number of hydrogen-bond acceptors (Lipinski definition) is 2. The summed E-state index contributed by atoms with van der Waals surface area (Å²) in [5, 5.41) is 0. The third-order valence-electron chi connectivity index (χ3n) is 1.29. The number of hydrogen-bond donors (Lipinski definition) is 0. The molecule has 1 fully saturated rings. The summed E-state index contributed by atoms with van der Waals surface area (Å²) in [6, 6.07) is 0. The molecule has 0 radical (unpaired) electrons. The Morgan fingerprint density at radius 2 is 2.00 bits per heavy atom. The monoisotopic (exact) mass is 138 g/mol. The van der Waals surface area contributed by atoms with Crippen molar-refractivity contribution in [3.8, 4) is 0 Å². The van der Waals surface area contributed by atoms with Gasteiger partial charge in [0.1, 0.15) is 0 Å². The molecule has 0 aliphatic carbocycles. The minimum atomic E-state index is -0.0255. The van der Waals surface area contributed by atoms with Crippen molar-refractivity contribution < 1.29 is 9.53 Å². The zero-order chi connectivity index (χ0) is 5.82. The van der Waals surface area contributed by atoms with Crippen molar-refractivity contribution >= 4 is 35.5 Å². The Hall–Kier alpha value is 0.470. The minimum absolute atomic E-state index is 0. The van der Waals surface area contributed by atoms with E-state index in [1.807, 2.05) is 0 Å². The number of ether oxygens (including phenoxy) is 1. The maximum atomic E-state index is 10.5. The first kappa shape index (κ1) is 9.47. The fourth-order valence-electron chi connectivity index (χ4n) is 0.806. The third kappa shape index (κ3) is 3.95. The summed E-state index contributed by atoms with van der Waals surface area (Å²) in [5.41, 5.74) is 0. The zero-order valence-corrected chi connectivity index (χ0v) is 4.85. The molecule has 0 aromatic heterocycles. The molecule has 1 aliphatic heterocycles. The first-order chi connectivity index (χ1) is 3.89. The number of esters is 1. The third-order valence-corrected chi connectivity index (χ3v) is 1.29. The van der Waals surface area contributed by atoms with E-state index >= 15 is 0 Å². The fourth-order valence-corrected chi connectivity index (χ4v) is 0.806. The molecular weight excluding hydrogens is 127 g/mol. The molecule has 9 heavy (non-hydrogen) atoms. The molecule has 2 nitrogen and oxygen atoms in total. The van der Waals surface area contributed by atoms with Gasteiger partial charge in [-0.05, 0) is 19.3 Å². The Labute approximate surface area is 77.2 Å². The molecule has 0 spiro atoms. The Kier molecular flexibility index (Phi) is 5.55. The Morgan fingerprint density at radius 3 is 2.78 bits per heavy atom. The van der Waals surface area contributed by atoms with Gasteiger partial charge in [-0.2, -0.15) is 0 Å². The van der Waals surface area contributed by atoms with Crippen LogP contribution in [0.15, 0.2) is 0 Å². The summed E-state index contributed by atoms with van der Waals surface area (Å²) in [6.07, 6.45) is 3.83. The van der Waals surface area contributed by atoms with Crippen molar-refractivity contribution in [1.29, 1.82) is 0 Å². The van der Waals surface area contributed by atoms with Gasteiger partial charge in [-0.25, -0.2) is 0 Å². The van der Waals surface area contributed by atoms with E-state index in [1.165, 1.54) is 0 Å². The van der Waals surface area contributed by atoms with Gasteiger partial charge in [-0.1, -0.05) is 0 Å². The van der Waals surface area contributed by atoms with Crippen molar-refractivity contribution in [2.45, 2.75) is 25.7 Å². The summed E-state index contributed by atoms with van der Waals surface area (Å²) in [5.74, 6) is -0.0255. The van der Waals surface area contributed by atoms with Crippen LogP contribution in [0, 0.1) is 0 Å². The van der Waals surface area contributed by atoms with Gasteiger partial charge in [-0.15, -0.1) is 0 Å². The molecule has 1 aliphatic rings. The molecule has 0 bridgehead atoms. The Balaban J connectivity index is 0.000000640.